The third kappa shape index (κ3) is 5.56. The van der Waals surface area contributed by atoms with Gasteiger partial charge in [0.05, 0.1) is 15.6 Å². The normalized spacial score (nSPS) is 20.8. The Balaban J connectivity index is 1.63. The predicted octanol–water partition coefficient (Wildman–Crippen LogP) is 7.74. The predicted molar refractivity (Wildman–Crippen MR) is 146 cm³/mol. The molecule has 0 aliphatic heterocycles. The summed E-state index contributed by atoms with van der Waals surface area (Å²) in [6.07, 6.45) is 3.11. The molecule has 2 aromatic carbocycles. The van der Waals surface area contributed by atoms with Gasteiger partial charge >= 0.3 is 5.97 Å². The molecule has 2 unspecified atom stereocenters. The standard InChI is InChI=1S/C28H29Cl2NO4S/c1-4-17-11-16(2)13-28(3,14-17)25(27(33)34)31-26(32)20-6-8-23-19(9-10-36-23)24(20)35-15-18-5-7-21(29)22(30)12-18/h5-10,12,17,25H,2,4,11,13-15H2,1,3H3,(H,31,32)(H,33,34)/t17?,25?,28-/m1/s1. The number of ether oxygens (including phenoxy) is 1. The molecule has 0 bridgehead atoms. The van der Waals surface area contributed by atoms with Crippen LogP contribution in [-0.2, 0) is 11.4 Å². The molecular formula is C28H29Cl2NO4S. The lowest BCUT2D eigenvalue weighted by Crippen LogP contribution is -2.53. The molecule has 0 saturated heterocycles. The van der Waals surface area contributed by atoms with Gasteiger partial charge in [-0.15, -0.1) is 11.3 Å². The van der Waals surface area contributed by atoms with Gasteiger partial charge in [-0.1, -0.05) is 61.7 Å². The van der Waals surface area contributed by atoms with E-state index in [1.54, 1.807) is 18.2 Å². The molecule has 0 spiro atoms. The number of fused-ring (bicyclic) bond motifs is 1. The van der Waals surface area contributed by atoms with Crippen LogP contribution in [0.5, 0.6) is 5.75 Å². The summed E-state index contributed by atoms with van der Waals surface area (Å²) in [5.74, 6) is -0.774. The van der Waals surface area contributed by atoms with Crippen molar-refractivity contribution < 1.29 is 19.4 Å². The van der Waals surface area contributed by atoms with E-state index in [-0.39, 0.29) is 12.2 Å². The molecule has 3 aromatic rings. The van der Waals surface area contributed by atoms with Crippen LogP contribution in [0.25, 0.3) is 10.1 Å². The van der Waals surface area contributed by atoms with Gasteiger partial charge in [-0.2, -0.15) is 0 Å². The average Bonchev–Trinajstić information content (AvgIpc) is 3.31. The van der Waals surface area contributed by atoms with Crippen molar-refractivity contribution in [2.75, 3.05) is 0 Å². The summed E-state index contributed by atoms with van der Waals surface area (Å²) in [5, 5.41) is 16.6. The molecule has 1 amide bonds. The maximum atomic E-state index is 13.6. The number of halogens is 2. The Kier molecular flexibility index (Phi) is 7.98. The van der Waals surface area contributed by atoms with Crippen LogP contribution in [0, 0.1) is 11.3 Å². The van der Waals surface area contributed by atoms with E-state index >= 15 is 0 Å². The molecule has 5 nitrogen and oxygen atoms in total. The molecule has 2 N–H and O–H groups in total. The second kappa shape index (κ2) is 10.8. The van der Waals surface area contributed by atoms with Gasteiger partial charge in [0, 0.05) is 15.5 Å². The summed E-state index contributed by atoms with van der Waals surface area (Å²) in [4.78, 5) is 26.0. The molecule has 3 atom stereocenters. The van der Waals surface area contributed by atoms with Gasteiger partial charge in [-0.3, -0.25) is 4.79 Å². The van der Waals surface area contributed by atoms with Gasteiger partial charge < -0.3 is 15.2 Å². The van der Waals surface area contributed by atoms with Crippen molar-refractivity contribution in [3.63, 3.8) is 0 Å². The summed E-state index contributed by atoms with van der Waals surface area (Å²) < 4.78 is 7.12. The van der Waals surface area contributed by atoms with Crippen molar-refractivity contribution in [2.45, 2.75) is 52.2 Å². The van der Waals surface area contributed by atoms with Crippen LogP contribution in [0.15, 0.2) is 53.9 Å². The van der Waals surface area contributed by atoms with Gasteiger partial charge in [0.25, 0.3) is 5.91 Å². The number of amides is 1. The number of thiophene rings is 1. The van der Waals surface area contributed by atoms with E-state index in [2.05, 4.69) is 18.8 Å². The summed E-state index contributed by atoms with van der Waals surface area (Å²) in [6.45, 7) is 8.36. The van der Waals surface area contributed by atoms with Gasteiger partial charge in [-0.25, -0.2) is 4.79 Å². The van der Waals surface area contributed by atoms with E-state index in [1.165, 1.54) is 11.3 Å². The monoisotopic (exact) mass is 545 g/mol. The quantitative estimate of drug-likeness (QED) is 0.284. The Labute approximate surface area is 225 Å². The second-order valence-electron chi connectivity index (χ2n) is 9.82. The molecule has 1 aliphatic carbocycles. The number of benzene rings is 2. The lowest BCUT2D eigenvalue weighted by molar-refractivity contribution is -0.143. The van der Waals surface area contributed by atoms with E-state index < -0.39 is 23.3 Å². The van der Waals surface area contributed by atoms with Crippen molar-refractivity contribution in [2.24, 2.45) is 11.3 Å². The SMILES string of the molecule is C=C1CC(CC)C[C@](C)(C(NC(=O)c2ccc3sccc3c2OCc2ccc(Cl)c(Cl)c2)C(=O)O)C1. The highest BCUT2D eigenvalue weighted by atomic mass is 35.5. The maximum absolute atomic E-state index is 13.6. The highest BCUT2D eigenvalue weighted by Crippen LogP contribution is 2.45. The smallest absolute Gasteiger partial charge is 0.326 e. The summed E-state index contributed by atoms with van der Waals surface area (Å²) in [7, 11) is 0. The van der Waals surface area contributed by atoms with Crippen LogP contribution in [-0.4, -0.2) is 23.0 Å². The molecule has 1 aliphatic rings. The fourth-order valence-electron chi connectivity index (χ4n) is 5.24. The third-order valence-corrected chi connectivity index (χ3v) is 8.60. The molecular weight excluding hydrogens is 517 g/mol. The third-order valence-electron chi connectivity index (χ3n) is 6.98. The zero-order valence-corrected chi connectivity index (χ0v) is 22.6. The number of carbonyl (C=O) groups is 2. The average molecular weight is 547 g/mol. The highest BCUT2D eigenvalue weighted by Gasteiger charge is 2.44. The number of allylic oxidation sites excluding steroid dienone is 1. The molecule has 8 heteroatoms. The van der Waals surface area contributed by atoms with Gasteiger partial charge in [0.2, 0.25) is 0 Å². The number of carboxylic acid groups (broad SMARTS) is 1. The summed E-state index contributed by atoms with van der Waals surface area (Å²) in [6, 6.07) is 9.61. The van der Waals surface area contributed by atoms with Gasteiger partial charge in [0.15, 0.2) is 0 Å². The van der Waals surface area contributed by atoms with Crippen LogP contribution < -0.4 is 10.1 Å². The molecule has 1 saturated carbocycles. The number of hydrogen-bond donors (Lipinski definition) is 2. The Bertz CT molecular complexity index is 1320. The lowest BCUT2D eigenvalue weighted by atomic mass is 9.64. The van der Waals surface area contributed by atoms with Gasteiger partial charge in [0.1, 0.15) is 18.4 Å². The van der Waals surface area contributed by atoms with Gasteiger partial charge in [-0.05, 0) is 66.5 Å². The van der Waals surface area contributed by atoms with Crippen LogP contribution >= 0.6 is 34.5 Å². The minimum Gasteiger partial charge on any atom is -0.487 e. The van der Waals surface area contributed by atoms with Crippen molar-refractivity contribution in [3.05, 3.63) is 75.1 Å². The molecule has 36 heavy (non-hydrogen) atoms. The number of carbonyl (C=O) groups excluding carboxylic acids is 1. The summed E-state index contributed by atoms with van der Waals surface area (Å²) in [5.41, 5.74) is 1.48. The van der Waals surface area contributed by atoms with Crippen molar-refractivity contribution in [1.82, 2.24) is 5.32 Å². The fourth-order valence-corrected chi connectivity index (χ4v) is 6.35. The molecule has 0 radical (unpaired) electrons. The molecule has 1 heterocycles. The molecule has 1 fully saturated rings. The molecule has 1 aromatic heterocycles. The topological polar surface area (TPSA) is 75.6 Å². The van der Waals surface area contributed by atoms with Crippen molar-refractivity contribution in [3.8, 4) is 5.75 Å². The second-order valence-corrected chi connectivity index (χ2v) is 11.6. The number of carboxylic acids is 1. The number of hydrogen-bond acceptors (Lipinski definition) is 4. The van der Waals surface area contributed by atoms with Crippen LogP contribution in [0.4, 0.5) is 0 Å². The highest BCUT2D eigenvalue weighted by molar-refractivity contribution is 7.17. The minimum atomic E-state index is -1.06. The molecule has 4 rings (SSSR count). The largest absolute Gasteiger partial charge is 0.487 e. The number of rotatable bonds is 8. The zero-order chi connectivity index (χ0) is 26.0. The van der Waals surface area contributed by atoms with Crippen LogP contribution in [0.2, 0.25) is 10.0 Å². The Morgan fingerprint density at radius 3 is 2.72 bits per heavy atom. The Morgan fingerprint density at radius 1 is 1.25 bits per heavy atom. The fraction of sp³-hybridized carbons (Fsp3) is 0.357. The van der Waals surface area contributed by atoms with Crippen molar-refractivity contribution >= 4 is 56.5 Å². The van der Waals surface area contributed by atoms with Crippen LogP contribution in [0.3, 0.4) is 0 Å². The zero-order valence-electron chi connectivity index (χ0n) is 20.3. The van der Waals surface area contributed by atoms with E-state index in [9.17, 15) is 14.7 Å². The number of aliphatic carboxylic acids is 1. The first-order chi connectivity index (χ1) is 17.1. The Hall–Kier alpha value is -2.54. The first kappa shape index (κ1) is 26.5. The van der Waals surface area contributed by atoms with E-state index in [0.29, 0.717) is 34.6 Å². The minimum absolute atomic E-state index is 0.171. The maximum Gasteiger partial charge on any atom is 0.326 e. The van der Waals surface area contributed by atoms with E-state index in [4.69, 9.17) is 27.9 Å². The van der Waals surface area contributed by atoms with E-state index in [1.807, 2.05) is 30.5 Å². The first-order valence-electron chi connectivity index (χ1n) is 11.9. The lowest BCUT2D eigenvalue weighted by Gasteiger charge is -2.43. The molecule has 190 valence electrons. The number of nitrogens with one attached hydrogen (secondary N) is 1. The first-order valence-corrected chi connectivity index (χ1v) is 13.5. The summed E-state index contributed by atoms with van der Waals surface area (Å²) >= 11 is 13.7. The Morgan fingerprint density at radius 2 is 2.03 bits per heavy atom. The van der Waals surface area contributed by atoms with Crippen LogP contribution in [0.1, 0.15) is 55.5 Å². The van der Waals surface area contributed by atoms with Crippen molar-refractivity contribution in [1.29, 1.82) is 0 Å². The van der Waals surface area contributed by atoms with E-state index in [0.717, 1.165) is 34.1 Å².